The molecule has 1 aromatic rings. The summed E-state index contributed by atoms with van der Waals surface area (Å²) in [5, 5.41) is 3.94. The molecule has 1 saturated heterocycles. The van der Waals surface area contributed by atoms with Gasteiger partial charge in [0.15, 0.2) is 5.82 Å². The summed E-state index contributed by atoms with van der Waals surface area (Å²) in [5.41, 5.74) is 5.49. The van der Waals surface area contributed by atoms with Gasteiger partial charge in [0.1, 0.15) is 0 Å². The number of aromatic nitrogens is 2. The average Bonchev–Trinajstić information content (AvgIpc) is 3.11. The Kier molecular flexibility index (Phi) is 10.5. The van der Waals surface area contributed by atoms with Gasteiger partial charge < -0.3 is 15.2 Å². The van der Waals surface area contributed by atoms with Gasteiger partial charge in [-0.05, 0) is 12.8 Å². The van der Waals surface area contributed by atoms with Crippen molar-refractivity contribution in [3.05, 3.63) is 11.7 Å². The Labute approximate surface area is 173 Å². The van der Waals surface area contributed by atoms with E-state index in [0.717, 1.165) is 39.0 Å². The van der Waals surface area contributed by atoms with Crippen molar-refractivity contribution in [3.8, 4) is 0 Å². The van der Waals surface area contributed by atoms with Crippen LogP contribution in [-0.2, 0) is 17.9 Å². The fourth-order valence-electron chi connectivity index (χ4n) is 3.72. The SMILES string of the molecule is CN(C(=O)CN1CCN(Cc2noc(CN)n2)CC1)C1CCCCC1.Cl.Cl. The number of likely N-dealkylation sites (N-methyl/N-ethyl adjacent to an activating group) is 1. The van der Waals surface area contributed by atoms with Gasteiger partial charge in [-0.3, -0.25) is 14.6 Å². The van der Waals surface area contributed by atoms with E-state index in [1.807, 2.05) is 11.9 Å². The summed E-state index contributed by atoms with van der Waals surface area (Å²) >= 11 is 0. The number of halogens is 2. The summed E-state index contributed by atoms with van der Waals surface area (Å²) < 4.78 is 5.04. The fraction of sp³-hybridized carbons (Fsp3) is 0.824. The molecule has 2 heterocycles. The topological polar surface area (TPSA) is 91.7 Å². The highest BCUT2D eigenvalue weighted by Crippen LogP contribution is 2.21. The van der Waals surface area contributed by atoms with E-state index >= 15 is 0 Å². The van der Waals surface area contributed by atoms with Crippen molar-refractivity contribution in [2.24, 2.45) is 5.73 Å². The minimum Gasteiger partial charge on any atom is -0.342 e. The normalized spacial score (nSPS) is 19.2. The van der Waals surface area contributed by atoms with Crippen LogP contribution in [-0.4, -0.2) is 76.6 Å². The molecule has 1 aliphatic heterocycles. The van der Waals surface area contributed by atoms with Crippen LogP contribution in [0.2, 0.25) is 0 Å². The highest BCUT2D eigenvalue weighted by Gasteiger charge is 2.25. The summed E-state index contributed by atoms with van der Waals surface area (Å²) in [6, 6.07) is 0.442. The zero-order valence-electron chi connectivity index (χ0n) is 16.0. The van der Waals surface area contributed by atoms with Gasteiger partial charge in [0.2, 0.25) is 11.8 Å². The predicted molar refractivity (Wildman–Crippen MR) is 108 cm³/mol. The molecule has 0 unspecified atom stereocenters. The number of hydrogen-bond donors (Lipinski definition) is 1. The van der Waals surface area contributed by atoms with Gasteiger partial charge in [0.25, 0.3) is 0 Å². The first-order chi connectivity index (χ1) is 12.2. The monoisotopic (exact) mass is 422 g/mol. The number of piperazine rings is 1. The molecule has 8 nitrogen and oxygen atoms in total. The smallest absolute Gasteiger partial charge is 0.240 e. The van der Waals surface area contributed by atoms with Crippen LogP contribution in [0.5, 0.6) is 0 Å². The van der Waals surface area contributed by atoms with Gasteiger partial charge in [-0.2, -0.15) is 4.98 Å². The van der Waals surface area contributed by atoms with Crippen molar-refractivity contribution in [1.29, 1.82) is 0 Å². The molecule has 1 saturated carbocycles. The van der Waals surface area contributed by atoms with Crippen LogP contribution < -0.4 is 5.73 Å². The lowest BCUT2D eigenvalue weighted by atomic mass is 9.94. The van der Waals surface area contributed by atoms with Gasteiger partial charge >= 0.3 is 0 Å². The van der Waals surface area contributed by atoms with E-state index in [-0.39, 0.29) is 37.3 Å². The van der Waals surface area contributed by atoms with Gasteiger partial charge in [-0.25, -0.2) is 0 Å². The molecule has 0 radical (unpaired) electrons. The molecule has 2 aliphatic rings. The van der Waals surface area contributed by atoms with Crippen molar-refractivity contribution >= 4 is 30.7 Å². The molecule has 1 aliphatic carbocycles. The molecule has 0 atom stereocenters. The standard InChI is InChI=1S/C17H30N6O2.2ClH/c1-21(14-5-3-2-4-6-14)17(24)13-23-9-7-22(8-10-23)12-15-19-16(11-18)25-20-15;;/h14H,2-13,18H2,1H3;2*1H. The number of hydrogen-bond acceptors (Lipinski definition) is 7. The van der Waals surface area contributed by atoms with Crippen molar-refractivity contribution < 1.29 is 9.32 Å². The lowest BCUT2D eigenvalue weighted by Gasteiger charge is -2.36. The first-order valence-electron chi connectivity index (χ1n) is 9.37. The van der Waals surface area contributed by atoms with E-state index in [1.54, 1.807) is 0 Å². The molecule has 0 spiro atoms. The molecule has 156 valence electrons. The Bertz CT molecular complexity index is 559. The van der Waals surface area contributed by atoms with Crippen LogP contribution >= 0.6 is 24.8 Å². The van der Waals surface area contributed by atoms with Gasteiger partial charge in [0.05, 0.1) is 19.6 Å². The molecule has 2 N–H and O–H groups in total. The Balaban J connectivity index is 0.00000182. The molecular formula is C17H32Cl2N6O2. The second kappa shape index (κ2) is 11.8. The second-order valence-corrected chi connectivity index (χ2v) is 7.16. The number of carbonyl (C=O) groups excluding carboxylic acids is 1. The third-order valence-electron chi connectivity index (χ3n) is 5.39. The summed E-state index contributed by atoms with van der Waals surface area (Å²) in [6.45, 7) is 5.09. The number of carbonyl (C=O) groups is 1. The van der Waals surface area contributed by atoms with Crippen LogP contribution in [0.4, 0.5) is 0 Å². The Morgan fingerprint density at radius 1 is 1.15 bits per heavy atom. The zero-order chi connectivity index (χ0) is 17.6. The number of nitrogens with zero attached hydrogens (tertiary/aromatic N) is 5. The first-order valence-corrected chi connectivity index (χ1v) is 9.37. The molecule has 0 aromatic carbocycles. The van der Waals surface area contributed by atoms with E-state index in [9.17, 15) is 4.79 Å². The van der Waals surface area contributed by atoms with Crippen molar-refractivity contribution in [2.45, 2.75) is 51.2 Å². The molecule has 10 heteroatoms. The van der Waals surface area contributed by atoms with Crippen LogP contribution in [0.1, 0.15) is 43.8 Å². The lowest BCUT2D eigenvalue weighted by Crippen LogP contribution is -2.50. The van der Waals surface area contributed by atoms with Gasteiger partial charge in [0, 0.05) is 39.3 Å². The van der Waals surface area contributed by atoms with Crippen molar-refractivity contribution in [2.75, 3.05) is 39.8 Å². The first kappa shape index (κ1) is 24.1. The average molecular weight is 423 g/mol. The Morgan fingerprint density at radius 3 is 2.37 bits per heavy atom. The van der Waals surface area contributed by atoms with E-state index in [2.05, 4.69) is 19.9 Å². The maximum atomic E-state index is 12.5. The van der Waals surface area contributed by atoms with Crippen LogP contribution in [0.3, 0.4) is 0 Å². The quantitative estimate of drug-likeness (QED) is 0.737. The minimum absolute atomic E-state index is 0. The molecule has 3 rings (SSSR count). The van der Waals surface area contributed by atoms with Gasteiger partial charge in [-0.15, -0.1) is 24.8 Å². The third-order valence-corrected chi connectivity index (χ3v) is 5.39. The predicted octanol–water partition coefficient (Wildman–Crippen LogP) is 1.28. The summed E-state index contributed by atoms with van der Waals surface area (Å²) in [6.07, 6.45) is 6.14. The van der Waals surface area contributed by atoms with E-state index in [1.165, 1.54) is 19.3 Å². The Hall–Kier alpha value is -0.930. The number of rotatable bonds is 6. The summed E-state index contributed by atoms with van der Waals surface area (Å²) in [7, 11) is 1.97. The third kappa shape index (κ3) is 6.87. The largest absolute Gasteiger partial charge is 0.342 e. The summed E-state index contributed by atoms with van der Waals surface area (Å²) in [5.74, 6) is 1.41. The summed E-state index contributed by atoms with van der Waals surface area (Å²) in [4.78, 5) is 23.3. The van der Waals surface area contributed by atoms with Crippen molar-refractivity contribution in [3.63, 3.8) is 0 Å². The maximum absolute atomic E-state index is 12.5. The highest BCUT2D eigenvalue weighted by molar-refractivity contribution is 5.85. The number of amides is 1. The molecule has 1 amide bonds. The lowest BCUT2D eigenvalue weighted by molar-refractivity contribution is -0.134. The minimum atomic E-state index is 0. The molecule has 2 fully saturated rings. The second-order valence-electron chi connectivity index (χ2n) is 7.16. The maximum Gasteiger partial charge on any atom is 0.240 e. The van der Waals surface area contributed by atoms with Crippen molar-refractivity contribution in [1.82, 2.24) is 24.8 Å². The zero-order valence-corrected chi connectivity index (χ0v) is 17.6. The van der Waals surface area contributed by atoms with Gasteiger partial charge in [-0.1, -0.05) is 24.4 Å². The molecule has 0 bridgehead atoms. The Morgan fingerprint density at radius 2 is 1.78 bits per heavy atom. The number of nitrogens with two attached hydrogens (primary N) is 1. The van der Waals surface area contributed by atoms with E-state index < -0.39 is 0 Å². The van der Waals surface area contributed by atoms with E-state index in [0.29, 0.717) is 30.8 Å². The van der Waals surface area contributed by atoms with Crippen LogP contribution in [0, 0.1) is 0 Å². The fourth-order valence-corrected chi connectivity index (χ4v) is 3.72. The van der Waals surface area contributed by atoms with Crippen LogP contribution in [0.25, 0.3) is 0 Å². The molecular weight excluding hydrogens is 391 g/mol. The molecule has 1 aromatic heterocycles. The van der Waals surface area contributed by atoms with E-state index in [4.69, 9.17) is 10.3 Å². The van der Waals surface area contributed by atoms with Crippen LogP contribution in [0.15, 0.2) is 4.52 Å². The molecule has 27 heavy (non-hydrogen) atoms. The highest BCUT2D eigenvalue weighted by atomic mass is 35.5.